The maximum Gasteiger partial charge on any atom is 0.0961 e. The maximum absolute atomic E-state index is 4.63. The molecular formula is C11H15NS. The van der Waals surface area contributed by atoms with Gasteiger partial charge in [0.1, 0.15) is 0 Å². The van der Waals surface area contributed by atoms with Crippen molar-refractivity contribution in [2.24, 2.45) is 11.8 Å². The Balaban J connectivity index is 1.87. The second kappa shape index (κ2) is 2.81. The Morgan fingerprint density at radius 2 is 2.31 bits per heavy atom. The second-order valence-corrected chi connectivity index (χ2v) is 5.50. The summed E-state index contributed by atoms with van der Waals surface area (Å²) in [5.74, 6) is 2.85. The number of nitrogens with zero attached hydrogens (tertiary/aromatic N) is 1. The zero-order valence-electron chi connectivity index (χ0n) is 7.99. The van der Waals surface area contributed by atoms with E-state index in [2.05, 4.69) is 17.3 Å². The lowest BCUT2D eigenvalue weighted by molar-refractivity contribution is 0.418. The van der Waals surface area contributed by atoms with Crippen LogP contribution in [0.1, 0.15) is 42.3 Å². The van der Waals surface area contributed by atoms with Crippen LogP contribution in [0.15, 0.2) is 5.38 Å². The lowest BCUT2D eigenvalue weighted by Crippen LogP contribution is -2.07. The molecule has 2 aliphatic rings. The van der Waals surface area contributed by atoms with Gasteiger partial charge in [-0.25, -0.2) is 4.98 Å². The van der Waals surface area contributed by atoms with E-state index >= 15 is 0 Å². The molecule has 0 amide bonds. The third-order valence-electron chi connectivity index (χ3n) is 3.69. The average molecular weight is 193 g/mol. The molecule has 1 aromatic heterocycles. The predicted molar refractivity (Wildman–Crippen MR) is 55.0 cm³/mol. The quantitative estimate of drug-likeness (QED) is 0.666. The molecule has 2 heteroatoms. The highest BCUT2D eigenvalue weighted by Crippen LogP contribution is 2.53. The summed E-state index contributed by atoms with van der Waals surface area (Å²) in [6.07, 6.45) is 5.88. The summed E-state index contributed by atoms with van der Waals surface area (Å²) in [5, 5.41) is 3.62. The van der Waals surface area contributed by atoms with Gasteiger partial charge in [-0.05, 0) is 38.0 Å². The van der Waals surface area contributed by atoms with Gasteiger partial charge in [0.2, 0.25) is 0 Å². The largest absolute Gasteiger partial charge is 0.246 e. The SMILES string of the molecule is Cc1csc(C2CC3CC[C@H]2C3)n1. The molecule has 1 nitrogen and oxygen atoms in total. The molecule has 2 saturated carbocycles. The van der Waals surface area contributed by atoms with E-state index in [1.165, 1.54) is 36.4 Å². The van der Waals surface area contributed by atoms with Crippen LogP contribution in [0.25, 0.3) is 0 Å². The summed E-state index contributed by atoms with van der Waals surface area (Å²) in [6.45, 7) is 2.10. The van der Waals surface area contributed by atoms with E-state index in [0.29, 0.717) is 0 Å². The second-order valence-electron chi connectivity index (χ2n) is 4.61. The molecule has 1 aromatic rings. The van der Waals surface area contributed by atoms with E-state index in [1.54, 1.807) is 0 Å². The normalized spacial score (nSPS) is 37.2. The van der Waals surface area contributed by atoms with Gasteiger partial charge in [-0.1, -0.05) is 6.42 Å². The van der Waals surface area contributed by atoms with Crippen LogP contribution in [0.2, 0.25) is 0 Å². The summed E-state index contributed by atoms with van der Waals surface area (Å²) < 4.78 is 0. The third kappa shape index (κ3) is 1.23. The van der Waals surface area contributed by atoms with E-state index in [1.807, 2.05) is 11.3 Å². The van der Waals surface area contributed by atoms with Crippen molar-refractivity contribution in [3.63, 3.8) is 0 Å². The molecule has 2 unspecified atom stereocenters. The molecule has 2 aliphatic carbocycles. The zero-order valence-corrected chi connectivity index (χ0v) is 8.81. The molecule has 0 aliphatic heterocycles. The lowest BCUT2D eigenvalue weighted by Gasteiger charge is -2.18. The van der Waals surface area contributed by atoms with Crippen LogP contribution in [-0.2, 0) is 0 Å². The first-order valence-corrected chi connectivity index (χ1v) is 6.13. The summed E-state index contributed by atoms with van der Waals surface area (Å²) >= 11 is 1.88. The molecule has 0 radical (unpaired) electrons. The van der Waals surface area contributed by atoms with Crippen molar-refractivity contribution >= 4 is 11.3 Å². The Bertz CT molecular complexity index is 318. The third-order valence-corrected chi connectivity index (χ3v) is 4.79. The number of aryl methyl sites for hydroxylation is 1. The molecule has 1 heterocycles. The number of hydrogen-bond acceptors (Lipinski definition) is 2. The maximum atomic E-state index is 4.63. The average Bonchev–Trinajstić information content (AvgIpc) is 2.77. The fourth-order valence-corrected chi connectivity index (χ4v) is 4.09. The predicted octanol–water partition coefficient (Wildman–Crippen LogP) is 3.36. The molecule has 70 valence electrons. The lowest BCUT2D eigenvalue weighted by atomic mass is 9.89. The van der Waals surface area contributed by atoms with Crippen LogP contribution in [0.3, 0.4) is 0 Å². The van der Waals surface area contributed by atoms with Crippen LogP contribution in [0.4, 0.5) is 0 Å². The highest BCUT2D eigenvalue weighted by atomic mass is 32.1. The van der Waals surface area contributed by atoms with E-state index in [4.69, 9.17) is 0 Å². The minimum absolute atomic E-state index is 0.831. The fraction of sp³-hybridized carbons (Fsp3) is 0.727. The van der Waals surface area contributed by atoms with Gasteiger partial charge in [0.25, 0.3) is 0 Å². The number of aromatic nitrogens is 1. The van der Waals surface area contributed by atoms with Gasteiger partial charge in [0.05, 0.1) is 5.01 Å². The van der Waals surface area contributed by atoms with Crippen molar-refractivity contribution in [1.29, 1.82) is 0 Å². The van der Waals surface area contributed by atoms with Gasteiger partial charge in [-0.3, -0.25) is 0 Å². The summed E-state index contributed by atoms with van der Waals surface area (Å²) in [4.78, 5) is 4.63. The van der Waals surface area contributed by atoms with Crippen molar-refractivity contribution in [3.8, 4) is 0 Å². The number of fused-ring (bicyclic) bond motifs is 2. The van der Waals surface area contributed by atoms with Crippen molar-refractivity contribution < 1.29 is 0 Å². The molecule has 0 N–H and O–H groups in total. The van der Waals surface area contributed by atoms with E-state index in [9.17, 15) is 0 Å². The Hall–Kier alpha value is -0.370. The first-order chi connectivity index (χ1) is 6.33. The van der Waals surface area contributed by atoms with E-state index in [-0.39, 0.29) is 0 Å². The monoisotopic (exact) mass is 193 g/mol. The zero-order chi connectivity index (χ0) is 8.84. The summed E-state index contributed by atoms with van der Waals surface area (Å²) in [6, 6.07) is 0. The number of rotatable bonds is 1. The molecular weight excluding hydrogens is 178 g/mol. The first kappa shape index (κ1) is 7.98. The van der Waals surface area contributed by atoms with Gasteiger partial charge in [0, 0.05) is 17.0 Å². The molecule has 0 saturated heterocycles. The minimum atomic E-state index is 0.831. The smallest absolute Gasteiger partial charge is 0.0961 e. The van der Waals surface area contributed by atoms with Crippen LogP contribution >= 0.6 is 11.3 Å². The van der Waals surface area contributed by atoms with Crippen molar-refractivity contribution in [1.82, 2.24) is 4.98 Å². The van der Waals surface area contributed by atoms with Gasteiger partial charge >= 0.3 is 0 Å². The van der Waals surface area contributed by atoms with E-state index in [0.717, 1.165) is 17.8 Å². The Kier molecular flexibility index (Phi) is 1.72. The molecule has 3 atom stereocenters. The van der Waals surface area contributed by atoms with Gasteiger partial charge < -0.3 is 0 Å². The Morgan fingerprint density at radius 3 is 2.85 bits per heavy atom. The molecule has 0 aromatic carbocycles. The molecule has 2 fully saturated rings. The van der Waals surface area contributed by atoms with Crippen LogP contribution < -0.4 is 0 Å². The molecule has 2 bridgehead atoms. The van der Waals surface area contributed by atoms with Crippen molar-refractivity contribution in [2.75, 3.05) is 0 Å². The Labute approximate surface area is 83.2 Å². The highest BCUT2D eigenvalue weighted by Gasteiger charge is 2.41. The summed E-state index contributed by atoms with van der Waals surface area (Å²) in [7, 11) is 0. The van der Waals surface area contributed by atoms with Gasteiger partial charge in [0.15, 0.2) is 0 Å². The van der Waals surface area contributed by atoms with E-state index < -0.39 is 0 Å². The Morgan fingerprint density at radius 1 is 1.38 bits per heavy atom. The molecule has 3 rings (SSSR count). The van der Waals surface area contributed by atoms with Gasteiger partial charge in [-0.2, -0.15) is 0 Å². The molecule has 13 heavy (non-hydrogen) atoms. The highest BCUT2D eigenvalue weighted by molar-refractivity contribution is 7.09. The first-order valence-electron chi connectivity index (χ1n) is 5.25. The number of hydrogen-bond donors (Lipinski definition) is 0. The topological polar surface area (TPSA) is 12.9 Å². The summed E-state index contributed by atoms with van der Waals surface area (Å²) in [5.41, 5.74) is 1.21. The molecule has 0 spiro atoms. The fourth-order valence-electron chi connectivity index (χ4n) is 3.09. The minimum Gasteiger partial charge on any atom is -0.246 e. The standard InChI is InChI=1S/C11H15NS/c1-7-6-13-11(12-7)10-5-8-2-3-9(10)4-8/h6,8-10H,2-5H2,1H3/t8?,9-,10?/m0/s1. The van der Waals surface area contributed by atoms with Gasteiger partial charge in [-0.15, -0.1) is 11.3 Å². The van der Waals surface area contributed by atoms with Crippen molar-refractivity contribution in [2.45, 2.75) is 38.5 Å². The van der Waals surface area contributed by atoms with Crippen LogP contribution in [0, 0.1) is 18.8 Å². The van der Waals surface area contributed by atoms with Crippen LogP contribution in [-0.4, -0.2) is 4.98 Å². The van der Waals surface area contributed by atoms with Crippen LogP contribution in [0.5, 0.6) is 0 Å². The van der Waals surface area contributed by atoms with Crippen molar-refractivity contribution in [3.05, 3.63) is 16.1 Å². The number of thiazole rings is 1.